The third-order valence-corrected chi connectivity index (χ3v) is 5.72. The van der Waals surface area contributed by atoms with Crippen molar-refractivity contribution in [3.05, 3.63) is 48.5 Å². The molecule has 2 aliphatic heterocycles. The van der Waals surface area contributed by atoms with Crippen molar-refractivity contribution >= 4 is 40.2 Å². The Labute approximate surface area is 180 Å². The molecule has 0 saturated carbocycles. The maximum atomic E-state index is 13.7. The van der Waals surface area contributed by atoms with Crippen LogP contribution in [-0.2, 0) is 9.59 Å². The highest BCUT2D eigenvalue weighted by Crippen LogP contribution is 2.35. The quantitative estimate of drug-likeness (QED) is 0.606. The average Bonchev–Trinajstić information content (AvgIpc) is 2.94. The lowest BCUT2D eigenvalue weighted by molar-refractivity contribution is -0.125. The molecule has 0 N–H and O–H groups in total. The average molecular weight is 417 g/mol. The van der Waals surface area contributed by atoms with Crippen molar-refractivity contribution in [2.45, 2.75) is 19.4 Å². The van der Waals surface area contributed by atoms with Gasteiger partial charge in [0.1, 0.15) is 5.75 Å². The van der Waals surface area contributed by atoms with Gasteiger partial charge in [0.05, 0.1) is 23.3 Å². The predicted octanol–water partition coefficient (Wildman–Crippen LogP) is 2.62. The van der Waals surface area contributed by atoms with Crippen molar-refractivity contribution in [2.75, 3.05) is 41.4 Å². The molecule has 0 radical (unpaired) electrons. The molecular formula is C23H23N5O3. The number of fused-ring (bicyclic) bond motifs is 3. The summed E-state index contributed by atoms with van der Waals surface area (Å²) in [6.45, 7) is 2.92. The van der Waals surface area contributed by atoms with E-state index >= 15 is 0 Å². The molecule has 5 rings (SSSR count). The summed E-state index contributed by atoms with van der Waals surface area (Å²) in [7, 11) is 1.96. The van der Waals surface area contributed by atoms with Crippen LogP contribution in [0.3, 0.4) is 0 Å². The Balaban J connectivity index is 1.54. The fourth-order valence-electron chi connectivity index (χ4n) is 4.15. The Hall–Kier alpha value is -3.68. The molecule has 0 spiro atoms. The fraction of sp³-hybridized carbons (Fsp3) is 0.304. The normalized spacial score (nSPS) is 18.1. The first-order chi connectivity index (χ1) is 15.0. The molecule has 0 aliphatic carbocycles. The molecule has 2 aromatic carbocycles. The molecule has 1 unspecified atom stereocenters. The molecule has 0 saturated heterocycles. The van der Waals surface area contributed by atoms with E-state index < -0.39 is 6.10 Å². The van der Waals surface area contributed by atoms with Gasteiger partial charge in [-0.2, -0.15) is 0 Å². The van der Waals surface area contributed by atoms with Gasteiger partial charge in [0.2, 0.25) is 5.91 Å². The molecule has 2 aliphatic rings. The number of hydrogen-bond donors (Lipinski definition) is 0. The summed E-state index contributed by atoms with van der Waals surface area (Å²) in [6.07, 6.45) is -0.0422. The number of aromatic nitrogens is 2. The maximum Gasteiger partial charge on any atom is 0.271 e. The lowest BCUT2D eigenvalue weighted by Gasteiger charge is -2.35. The minimum Gasteiger partial charge on any atom is -0.476 e. The minimum absolute atomic E-state index is 0.129. The van der Waals surface area contributed by atoms with Crippen LogP contribution in [0.4, 0.5) is 17.3 Å². The molecule has 3 aromatic rings. The second-order valence-electron chi connectivity index (χ2n) is 7.83. The number of hydrogen-bond acceptors (Lipinski definition) is 6. The Kier molecular flexibility index (Phi) is 4.69. The van der Waals surface area contributed by atoms with E-state index in [4.69, 9.17) is 14.7 Å². The maximum absolute atomic E-state index is 13.7. The van der Waals surface area contributed by atoms with Crippen LogP contribution < -0.4 is 19.4 Å². The summed E-state index contributed by atoms with van der Waals surface area (Å²) < 4.78 is 6.05. The Bertz CT molecular complexity index is 1180. The number of nitrogens with zero attached hydrogens (tertiary/aromatic N) is 5. The number of amides is 2. The van der Waals surface area contributed by atoms with E-state index in [1.807, 2.05) is 54.4 Å². The van der Waals surface area contributed by atoms with Gasteiger partial charge in [-0.25, -0.2) is 9.97 Å². The number of para-hydroxylation sites is 4. The fourth-order valence-corrected chi connectivity index (χ4v) is 4.15. The third kappa shape index (κ3) is 3.34. The van der Waals surface area contributed by atoms with E-state index in [9.17, 15) is 9.59 Å². The van der Waals surface area contributed by atoms with Crippen LogP contribution in [0.2, 0.25) is 0 Å². The van der Waals surface area contributed by atoms with Crippen molar-refractivity contribution in [2.24, 2.45) is 0 Å². The Morgan fingerprint density at radius 3 is 2.35 bits per heavy atom. The standard InChI is InChI=1S/C23H23N5O3/c1-15(29)28-14-20(31-19-11-6-5-10-18(19)28)23(30)27-13-7-12-26(2)21-22(27)25-17-9-4-3-8-16(17)24-21/h3-6,8-11,20H,7,12-14H2,1-2H3. The summed E-state index contributed by atoms with van der Waals surface area (Å²) in [5.74, 6) is 1.38. The molecule has 0 fully saturated rings. The minimum atomic E-state index is -0.816. The predicted molar refractivity (Wildman–Crippen MR) is 119 cm³/mol. The topological polar surface area (TPSA) is 78.9 Å². The molecule has 31 heavy (non-hydrogen) atoms. The van der Waals surface area contributed by atoms with Crippen molar-refractivity contribution < 1.29 is 14.3 Å². The van der Waals surface area contributed by atoms with Gasteiger partial charge in [-0.3, -0.25) is 14.5 Å². The van der Waals surface area contributed by atoms with Gasteiger partial charge >= 0.3 is 0 Å². The summed E-state index contributed by atoms with van der Waals surface area (Å²) in [5.41, 5.74) is 2.20. The second kappa shape index (κ2) is 7.54. The molecule has 8 heteroatoms. The largest absolute Gasteiger partial charge is 0.476 e. The monoisotopic (exact) mass is 417 g/mol. The molecule has 0 bridgehead atoms. The SMILES string of the molecule is CC(=O)N1CC(C(=O)N2CCCN(C)c3nc4ccccc4nc32)Oc2ccccc21. The van der Waals surface area contributed by atoms with Gasteiger partial charge in [-0.15, -0.1) is 0 Å². The summed E-state index contributed by atoms with van der Waals surface area (Å²) in [4.78, 5) is 40.8. The Morgan fingerprint density at radius 2 is 1.61 bits per heavy atom. The van der Waals surface area contributed by atoms with Gasteiger partial charge < -0.3 is 14.5 Å². The van der Waals surface area contributed by atoms with Crippen molar-refractivity contribution in [1.82, 2.24) is 9.97 Å². The van der Waals surface area contributed by atoms with E-state index in [1.165, 1.54) is 6.92 Å². The number of rotatable bonds is 1. The zero-order chi connectivity index (χ0) is 21.5. The zero-order valence-electron chi connectivity index (χ0n) is 17.5. The van der Waals surface area contributed by atoms with E-state index in [0.29, 0.717) is 29.6 Å². The zero-order valence-corrected chi connectivity index (χ0v) is 17.5. The first-order valence-electron chi connectivity index (χ1n) is 10.4. The highest BCUT2D eigenvalue weighted by molar-refractivity contribution is 6.02. The van der Waals surface area contributed by atoms with Crippen LogP contribution >= 0.6 is 0 Å². The highest BCUT2D eigenvalue weighted by Gasteiger charge is 2.37. The van der Waals surface area contributed by atoms with Gasteiger partial charge in [-0.05, 0) is 30.7 Å². The summed E-state index contributed by atoms with van der Waals surface area (Å²) in [6, 6.07) is 14.9. The number of ether oxygens (including phenoxy) is 1. The molecule has 2 amide bonds. The first-order valence-corrected chi connectivity index (χ1v) is 10.4. The Morgan fingerprint density at radius 1 is 0.935 bits per heavy atom. The van der Waals surface area contributed by atoms with Gasteiger partial charge in [0.15, 0.2) is 17.7 Å². The number of anilines is 3. The molecule has 158 valence electrons. The van der Waals surface area contributed by atoms with E-state index in [0.717, 1.165) is 24.0 Å². The summed E-state index contributed by atoms with van der Waals surface area (Å²) in [5, 5.41) is 0. The van der Waals surface area contributed by atoms with Crippen LogP contribution in [0.15, 0.2) is 48.5 Å². The molecule has 3 heterocycles. The molecular weight excluding hydrogens is 394 g/mol. The molecule has 1 atom stereocenters. The van der Waals surface area contributed by atoms with Gasteiger partial charge in [0, 0.05) is 27.1 Å². The smallest absolute Gasteiger partial charge is 0.271 e. The van der Waals surface area contributed by atoms with Crippen LogP contribution in [0.25, 0.3) is 11.0 Å². The van der Waals surface area contributed by atoms with Crippen molar-refractivity contribution in [3.63, 3.8) is 0 Å². The second-order valence-corrected chi connectivity index (χ2v) is 7.83. The van der Waals surface area contributed by atoms with Gasteiger partial charge in [-0.1, -0.05) is 24.3 Å². The highest BCUT2D eigenvalue weighted by atomic mass is 16.5. The van der Waals surface area contributed by atoms with E-state index in [2.05, 4.69) is 0 Å². The number of benzene rings is 2. The summed E-state index contributed by atoms with van der Waals surface area (Å²) >= 11 is 0. The number of carbonyl (C=O) groups is 2. The van der Waals surface area contributed by atoms with Crippen LogP contribution in [0, 0.1) is 0 Å². The van der Waals surface area contributed by atoms with Crippen molar-refractivity contribution in [1.29, 1.82) is 0 Å². The van der Waals surface area contributed by atoms with E-state index in [-0.39, 0.29) is 18.4 Å². The lowest BCUT2D eigenvalue weighted by Crippen LogP contribution is -2.52. The van der Waals surface area contributed by atoms with E-state index in [1.54, 1.807) is 15.9 Å². The van der Waals surface area contributed by atoms with Crippen LogP contribution in [0.5, 0.6) is 5.75 Å². The van der Waals surface area contributed by atoms with Crippen molar-refractivity contribution in [3.8, 4) is 5.75 Å². The lowest BCUT2D eigenvalue weighted by atomic mass is 10.1. The first kappa shape index (κ1) is 19.3. The van der Waals surface area contributed by atoms with Crippen LogP contribution in [0.1, 0.15) is 13.3 Å². The van der Waals surface area contributed by atoms with Gasteiger partial charge in [0.25, 0.3) is 5.91 Å². The number of carbonyl (C=O) groups excluding carboxylic acids is 2. The third-order valence-electron chi connectivity index (χ3n) is 5.72. The molecule has 1 aromatic heterocycles. The molecule has 8 nitrogen and oxygen atoms in total. The van der Waals surface area contributed by atoms with Crippen LogP contribution in [-0.4, -0.2) is 54.6 Å².